The number of rotatable bonds is 5. The molecular formula is C24H14BrF2NO3. The first-order valence-electron chi connectivity index (χ1n) is 9.23. The third kappa shape index (κ3) is 4.51. The summed E-state index contributed by atoms with van der Waals surface area (Å²) in [6, 6.07) is 18.9. The third-order valence-electron chi connectivity index (χ3n) is 4.65. The summed E-state index contributed by atoms with van der Waals surface area (Å²) in [5, 5.41) is 0.577. The lowest BCUT2D eigenvalue weighted by molar-refractivity contribution is 0.0476. The van der Waals surface area contributed by atoms with Crippen molar-refractivity contribution in [2.75, 3.05) is 6.61 Å². The fraction of sp³-hybridized carbons (Fsp3) is 0.0417. The SMILES string of the molecule is O=C(COC(=O)c1cc(-c2ccc(Br)cc2)nc2ccccc12)c1ccc(F)c(F)c1. The molecule has 154 valence electrons. The van der Waals surface area contributed by atoms with E-state index in [4.69, 9.17) is 4.74 Å². The van der Waals surface area contributed by atoms with Crippen LogP contribution in [-0.4, -0.2) is 23.3 Å². The molecule has 0 spiro atoms. The molecule has 0 saturated heterocycles. The van der Waals surface area contributed by atoms with Gasteiger partial charge in [0.1, 0.15) is 0 Å². The van der Waals surface area contributed by atoms with Crippen LogP contribution in [0.25, 0.3) is 22.2 Å². The van der Waals surface area contributed by atoms with E-state index in [2.05, 4.69) is 20.9 Å². The van der Waals surface area contributed by atoms with Crippen LogP contribution < -0.4 is 0 Å². The van der Waals surface area contributed by atoms with Crippen molar-refractivity contribution in [1.29, 1.82) is 0 Å². The van der Waals surface area contributed by atoms with E-state index in [9.17, 15) is 18.4 Å². The molecule has 4 nitrogen and oxygen atoms in total. The van der Waals surface area contributed by atoms with Crippen molar-refractivity contribution < 1.29 is 23.1 Å². The molecule has 4 aromatic rings. The fourth-order valence-corrected chi connectivity index (χ4v) is 3.34. The Morgan fingerprint density at radius 2 is 1.65 bits per heavy atom. The second kappa shape index (κ2) is 8.73. The highest BCUT2D eigenvalue weighted by atomic mass is 79.9. The zero-order valence-electron chi connectivity index (χ0n) is 15.9. The Labute approximate surface area is 184 Å². The Balaban J connectivity index is 1.63. The zero-order valence-corrected chi connectivity index (χ0v) is 17.5. The molecule has 0 saturated carbocycles. The summed E-state index contributed by atoms with van der Waals surface area (Å²) in [5.41, 5.74) is 2.15. The van der Waals surface area contributed by atoms with Gasteiger partial charge >= 0.3 is 5.97 Å². The van der Waals surface area contributed by atoms with Gasteiger partial charge in [-0.3, -0.25) is 4.79 Å². The first kappa shape index (κ1) is 20.8. The van der Waals surface area contributed by atoms with E-state index in [1.54, 1.807) is 24.3 Å². The number of pyridine rings is 1. The van der Waals surface area contributed by atoms with E-state index in [0.717, 1.165) is 28.2 Å². The molecule has 7 heteroatoms. The highest BCUT2D eigenvalue weighted by Crippen LogP contribution is 2.26. The summed E-state index contributed by atoms with van der Waals surface area (Å²) in [6.45, 7) is -0.603. The van der Waals surface area contributed by atoms with Gasteiger partial charge in [-0.05, 0) is 42.5 Å². The van der Waals surface area contributed by atoms with Crippen LogP contribution in [0.1, 0.15) is 20.7 Å². The molecule has 0 bridgehead atoms. The summed E-state index contributed by atoms with van der Waals surface area (Å²) in [7, 11) is 0. The van der Waals surface area contributed by atoms with E-state index < -0.39 is 30.0 Å². The molecule has 4 rings (SSSR count). The molecule has 1 aromatic heterocycles. The number of nitrogens with zero attached hydrogens (tertiary/aromatic N) is 1. The summed E-state index contributed by atoms with van der Waals surface area (Å²) >= 11 is 3.39. The largest absolute Gasteiger partial charge is 0.454 e. The standard InChI is InChI=1S/C24H14BrF2NO3/c25-16-8-5-14(6-9-16)22-12-18(17-3-1-2-4-21(17)28-22)24(30)31-13-23(29)15-7-10-19(26)20(27)11-15/h1-12H,13H2. The van der Waals surface area contributed by atoms with Crippen LogP contribution >= 0.6 is 15.9 Å². The van der Waals surface area contributed by atoms with Gasteiger partial charge in [-0.2, -0.15) is 0 Å². The molecule has 0 radical (unpaired) electrons. The molecule has 0 N–H and O–H groups in total. The number of aromatic nitrogens is 1. The first-order valence-corrected chi connectivity index (χ1v) is 10.0. The monoisotopic (exact) mass is 481 g/mol. The van der Waals surface area contributed by atoms with Crippen LogP contribution in [0, 0.1) is 11.6 Å². The van der Waals surface area contributed by atoms with Gasteiger partial charge in [-0.1, -0.05) is 46.3 Å². The van der Waals surface area contributed by atoms with Gasteiger partial charge in [-0.25, -0.2) is 18.6 Å². The molecule has 0 aliphatic rings. The number of fused-ring (bicyclic) bond motifs is 1. The average Bonchev–Trinajstić information content (AvgIpc) is 2.78. The molecule has 1 heterocycles. The highest BCUT2D eigenvalue weighted by molar-refractivity contribution is 9.10. The van der Waals surface area contributed by atoms with E-state index in [0.29, 0.717) is 16.6 Å². The lowest BCUT2D eigenvalue weighted by Gasteiger charge is -2.10. The highest BCUT2D eigenvalue weighted by Gasteiger charge is 2.18. The van der Waals surface area contributed by atoms with Crippen molar-refractivity contribution in [2.24, 2.45) is 0 Å². The summed E-state index contributed by atoms with van der Waals surface area (Å²) in [4.78, 5) is 29.7. The van der Waals surface area contributed by atoms with Crippen LogP contribution in [0.5, 0.6) is 0 Å². The Hall–Kier alpha value is -3.45. The van der Waals surface area contributed by atoms with Crippen LogP contribution in [-0.2, 0) is 4.74 Å². The van der Waals surface area contributed by atoms with Crippen LogP contribution in [0.2, 0.25) is 0 Å². The van der Waals surface area contributed by atoms with Gasteiger partial charge in [0.05, 0.1) is 16.8 Å². The third-order valence-corrected chi connectivity index (χ3v) is 5.18. The second-order valence-electron chi connectivity index (χ2n) is 6.71. The van der Waals surface area contributed by atoms with Gasteiger partial charge < -0.3 is 4.74 Å². The fourth-order valence-electron chi connectivity index (χ4n) is 3.07. The maximum atomic E-state index is 13.4. The Kier molecular flexibility index (Phi) is 5.86. The Morgan fingerprint density at radius 1 is 0.903 bits per heavy atom. The van der Waals surface area contributed by atoms with E-state index in [-0.39, 0.29) is 11.1 Å². The molecule has 0 aliphatic heterocycles. The van der Waals surface area contributed by atoms with Crippen LogP contribution in [0.15, 0.2) is 77.3 Å². The predicted molar refractivity (Wildman–Crippen MR) is 116 cm³/mol. The van der Waals surface area contributed by atoms with E-state index in [1.165, 1.54) is 0 Å². The molecule has 0 unspecified atom stereocenters. The van der Waals surface area contributed by atoms with Crippen molar-refractivity contribution in [3.8, 4) is 11.3 Å². The normalized spacial score (nSPS) is 10.8. The quantitative estimate of drug-likeness (QED) is 0.259. The number of para-hydroxylation sites is 1. The van der Waals surface area contributed by atoms with Gasteiger partial charge in [0, 0.05) is 21.0 Å². The van der Waals surface area contributed by atoms with Crippen molar-refractivity contribution in [3.05, 3.63) is 100 Å². The molecule has 0 fully saturated rings. The van der Waals surface area contributed by atoms with E-state index >= 15 is 0 Å². The zero-order chi connectivity index (χ0) is 22.0. The Bertz CT molecular complexity index is 1310. The van der Waals surface area contributed by atoms with Crippen molar-refractivity contribution in [2.45, 2.75) is 0 Å². The van der Waals surface area contributed by atoms with Gasteiger partial charge in [0.15, 0.2) is 24.0 Å². The van der Waals surface area contributed by atoms with Crippen molar-refractivity contribution in [1.82, 2.24) is 4.98 Å². The average molecular weight is 482 g/mol. The number of ketones is 1. The van der Waals surface area contributed by atoms with E-state index in [1.807, 2.05) is 30.3 Å². The number of hydrogen-bond acceptors (Lipinski definition) is 4. The summed E-state index contributed by atoms with van der Waals surface area (Å²) in [6.07, 6.45) is 0. The maximum Gasteiger partial charge on any atom is 0.339 e. The van der Waals surface area contributed by atoms with Gasteiger partial charge in [-0.15, -0.1) is 0 Å². The first-order chi connectivity index (χ1) is 14.9. The number of esters is 1. The van der Waals surface area contributed by atoms with Crippen molar-refractivity contribution >= 4 is 38.6 Å². The Morgan fingerprint density at radius 3 is 2.39 bits per heavy atom. The minimum absolute atomic E-state index is 0.0816. The number of Topliss-reactive ketones (excluding diaryl/α,β-unsaturated/α-hetero) is 1. The number of carbonyl (C=O) groups excluding carboxylic acids is 2. The van der Waals surface area contributed by atoms with Gasteiger partial charge in [0.2, 0.25) is 0 Å². The molecular weight excluding hydrogens is 468 g/mol. The van der Waals surface area contributed by atoms with Crippen molar-refractivity contribution in [3.63, 3.8) is 0 Å². The summed E-state index contributed by atoms with van der Waals surface area (Å²) < 4.78 is 32.5. The second-order valence-corrected chi connectivity index (χ2v) is 7.62. The van der Waals surface area contributed by atoms with Crippen LogP contribution in [0.4, 0.5) is 8.78 Å². The lowest BCUT2D eigenvalue weighted by atomic mass is 10.0. The molecule has 3 aromatic carbocycles. The number of hydrogen-bond donors (Lipinski definition) is 0. The molecule has 0 atom stereocenters. The predicted octanol–water partition coefficient (Wildman–Crippen LogP) is 5.98. The minimum atomic E-state index is -1.14. The molecule has 0 aliphatic carbocycles. The number of halogens is 3. The van der Waals surface area contributed by atoms with Crippen LogP contribution in [0.3, 0.4) is 0 Å². The number of benzene rings is 3. The topological polar surface area (TPSA) is 56.3 Å². The maximum absolute atomic E-state index is 13.4. The van der Waals surface area contributed by atoms with Gasteiger partial charge in [0.25, 0.3) is 0 Å². The summed E-state index contributed by atoms with van der Waals surface area (Å²) in [5.74, 6) is -3.56. The molecule has 0 amide bonds. The smallest absolute Gasteiger partial charge is 0.339 e. The number of carbonyl (C=O) groups is 2. The lowest BCUT2D eigenvalue weighted by Crippen LogP contribution is -2.15. The molecule has 31 heavy (non-hydrogen) atoms. The number of ether oxygens (including phenoxy) is 1. The minimum Gasteiger partial charge on any atom is -0.454 e.